The Balaban J connectivity index is 2.34. The van der Waals surface area contributed by atoms with Gasteiger partial charge in [0.15, 0.2) is 0 Å². The maximum Gasteiger partial charge on any atom is 0.0552 e. The molecule has 1 nitrogen and oxygen atoms in total. The predicted molar refractivity (Wildman–Crippen MR) is 54.7 cm³/mol. The summed E-state index contributed by atoms with van der Waals surface area (Å²) in [6.07, 6.45) is 4.47. The predicted octanol–water partition coefficient (Wildman–Crippen LogP) is 3.15. The van der Waals surface area contributed by atoms with Crippen LogP contribution in [0.25, 0.3) is 0 Å². The monoisotopic (exact) mass is 167 g/mol. The molecule has 1 fully saturated rings. The van der Waals surface area contributed by atoms with Crippen molar-refractivity contribution < 1.29 is 0 Å². The van der Waals surface area contributed by atoms with Crippen LogP contribution in [-0.2, 0) is 0 Å². The molecule has 0 aromatic rings. The van der Waals surface area contributed by atoms with E-state index >= 15 is 0 Å². The minimum Gasteiger partial charge on any atom is -0.294 e. The Morgan fingerprint density at radius 1 is 1.08 bits per heavy atom. The van der Waals surface area contributed by atoms with Crippen LogP contribution in [0.3, 0.4) is 0 Å². The second-order valence-corrected chi connectivity index (χ2v) is 4.19. The lowest BCUT2D eigenvalue weighted by Crippen LogP contribution is -2.45. The Hall–Kier alpha value is -0.330. The normalized spacial score (nSPS) is 41.7. The van der Waals surface area contributed by atoms with Gasteiger partial charge in [-0.15, -0.1) is 0 Å². The smallest absolute Gasteiger partial charge is 0.0552 e. The van der Waals surface area contributed by atoms with E-state index in [1.165, 1.54) is 6.42 Å². The maximum atomic E-state index is 4.61. The molecule has 0 aromatic heterocycles. The summed E-state index contributed by atoms with van der Waals surface area (Å²) < 4.78 is 0. The first-order valence-corrected chi connectivity index (χ1v) is 5.20. The highest BCUT2D eigenvalue weighted by Gasteiger charge is 2.41. The fourth-order valence-electron chi connectivity index (χ4n) is 2.03. The van der Waals surface area contributed by atoms with E-state index in [1.807, 2.05) is 0 Å². The third kappa shape index (κ3) is 1.70. The Labute approximate surface area is 76.3 Å². The lowest BCUT2D eigenvalue weighted by molar-refractivity contribution is 0.0822. The number of unbranched alkanes of at least 4 members (excludes halogenated alkanes) is 1. The third-order valence-electron chi connectivity index (χ3n) is 3.43. The van der Waals surface area contributed by atoms with E-state index in [0.717, 1.165) is 24.2 Å². The van der Waals surface area contributed by atoms with Gasteiger partial charge < -0.3 is 0 Å². The fourth-order valence-corrected chi connectivity index (χ4v) is 2.03. The van der Waals surface area contributed by atoms with Crippen molar-refractivity contribution >= 4 is 6.21 Å². The van der Waals surface area contributed by atoms with Crippen molar-refractivity contribution in [1.82, 2.24) is 0 Å². The zero-order chi connectivity index (χ0) is 9.14. The third-order valence-corrected chi connectivity index (χ3v) is 3.43. The van der Waals surface area contributed by atoms with Crippen molar-refractivity contribution in [3.63, 3.8) is 0 Å². The molecule has 0 aromatic carbocycles. The van der Waals surface area contributed by atoms with Crippen LogP contribution in [0.4, 0.5) is 0 Å². The molecule has 0 amide bonds. The van der Waals surface area contributed by atoms with Crippen molar-refractivity contribution in [3.05, 3.63) is 0 Å². The molecule has 0 N–H and O–H groups in total. The van der Waals surface area contributed by atoms with E-state index in [9.17, 15) is 0 Å². The average molecular weight is 167 g/mol. The minimum atomic E-state index is 0.617. The molecule has 1 aliphatic carbocycles. The number of hydrogen-bond acceptors (Lipinski definition) is 1. The fraction of sp³-hybridized carbons (Fsp3) is 0.909. The molecule has 0 heterocycles. The van der Waals surface area contributed by atoms with E-state index in [1.54, 1.807) is 0 Å². The van der Waals surface area contributed by atoms with E-state index in [4.69, 9.17) is 0 Å². The van der Waals surface area contributed by atoms with Gasteiger partial charge in [0.1, 0.15) is 0 Å². The first kappa shape index (κ1) is 9.76. The molecular formula is C11H21N. The summed E-state index contributed by atoms with van der Waals surface area (Å²) in [5.41, 5.74) is 0. The topological polar surface area (TPSA) is 12.4 Å². The van der Waals surface area contributed by atoms with Gasteiger partial charge in [-0.1, -0.05) is 34.1 Å². The highest BCUT2D eigenvalue weighted by atomic mass is 14.8. The van der Waals surface area contributed by atoms with Crippen LogP contribution in [0, 0.1) is 17.8 Å². The second kappa shape index (κ2) is 4.06. The van der Waals surface area contributed by atoms with E-state index in [-0.39, 0.29) is 0 Å². The Morgan fingerprint density at radius 2 is 1.67 bits per heavy atom. The molecule has 70 valence electrons. The molecule has 2 unspecified atom stereocenters. The van der Waals surface area contributed by atoms with Crippen molar-refractivity contribution in [2.45, 2.75) is 46.6 Å². The van der Waals surface area contributed by atoms with Gasteiger partial charge in [-0.3, -0.25) is 4.99 Å². The summed E-state index contributed by atoms with van der Waals surface area (Å²) in [6.45, 7) is 9.17. The summed E-state index contributed by atoms with van der Waals surface area (Å²) in [4.78, 5) is 4.61. The van der Waals surface area contributed by atoms with Gasteiger partial charge in [-0.25, -0.2) is 0 Å². The van der Waals surface area contributed by atoms with Crippen LogP contribution in [0.5, 0.6) is 0 Å². The summed E-state index contributed by atoms with van der Waals surface area (Å²) in [5, 5.41) is 0. The van der Waals surface area contributed by atoms with Crippen LogP contribution in [0.2, 0.25) is 0 Å². The van der Waals surface area contributed by atoms with Crippen molar-refractivity contribution in [2.24, 2.45) is 22.7 Å². The Bertz CT molecular complexity index is 152. The Kier molecular flexibility index (Phi) is 3.30. The van der Waals surface area contributed by atoms with Crippen LogP contribution in [0.1, 0.15) is 40.5 Å². The molecule has 12 heavy (non-hydrogen) atoms. The lowest BCUT2D eigenvalue weighted by atomic mass is 9.63. The van der Waals surface area contributed by atoms with E-state index < -0.39 is 0 Å². The van der Waals surface area contributed by atoms with E-state index in [2.05, 4.69) is 38.9 Å². The number of hydrogen-bond donors (Lipinski definition) is 0. The van der Waals surface area contributed by atoms with Gasteiger partial charge in [-0.2, -0.15) is 0 Å². The number of rotatable bonds is 3. The number of nitrogens with zero attached hydrogens (tertiary/aromatic N) is 1. The van der Waals surface area contributed by atoms with Gasteiger partial charge in [-0.05, 0) is 30.4 Å². The van der Waals surface area contributed by atoms with Crippen molar-refractivity contribution in [2.75, 3.05) is 0 Å². The minimum absolute atomic E-state index is 0.617. The first-order valence-electron chi connectivity index (χ1n) is 5.20. The van der Waals surface area contributed by atoms with Crippen LogP contribution >= 0.6 is 0 Å². The van der Waals surface area contributed by atoms with Crippen molar-refractivity contribution in [3.8, 4) is 0 Å². The molecule has 0 radical (unpaired) electrons. The summed E-state index contributed by atoms with van der Waals surface area (Å²) >= 11 is 0. The largest absolute Gasteiger partial charge is 0.294 e. The van der Waals surface area contributed by atoms with E-state index in [0.29, 0.717) is 6.04 Å². The zero-order valence-corrected chi connectivity index (χ0v) is 8.75. The molecule has 0 aliphatic heterocycles. The molecule has 0 saturated heterocycles. The highest BCUT2D eigenvalue weighted by Crippen LogP contribution is 2.41. The zero-order valence-electron chi connectivity index (χ0n) is 8.75. The Morgan fingerprint density at radius 3 is 2.17 bits per heavy atom. The van der Waals surface area contributed by atoms with Crippen LogP contribution in [0.15, 0.2) is 4.99 Å². The lowest BCUT2D eigenvalue weighted by Gasteiger charge is -2.45. The highest BCUT2D eigenvalue weighted by molar-refractivity contribution is 5.57. The van der Waals surface area contributed by atoms with Crippen LogP contribution in [-0.4, -0.2) is 12.3 Å². The molecule has 1 rings (SSSR count). The quantitative estimate of drug-likeness (QED) is 0.573. The summed E-state index contributed by atoms with van der Waals surface area (Å²) in [7, 11) is 0. The van der Waals surface area contributed by atoms with Gasteiger partial charge in [0.2, 0.25) is 0 Å². The summed E-state index contributed by atoms with van der Waals surface area (Å²) in [5.74, 6) is 2.47. The number of aliphatic imine (C=N–C) groups is 1. The maximum absolute atomic E-state index is 4.61. The van der Waals surface area contributed by atoms with Gasteiger partial charge in [0.05, 0.1) is 6.04 Å². The second-order valence-electron chi connectivity index (χ2n) is 4.19. The average Bonchev–Trinajstić information content (AvgIpc) is 2.11. The molecule has 2 atom stereocenters. The molecular weight excluding hydrogens is 146 g/mol. The van der Waals surface area contributed by atoms with Crippen molar-refractivity contribution in [1.29, 1.82) is 0 Å². The molecule has 1 aliphatic rings. The first-order chi connectivity index (χ1) is 5.68. The van der Waals surface area contributed by atoms with Crippen LogP contribution < -0.4 is 0 Å². The SMILES string of the molecule is CCCC=NC1C(C)C(C)C1C. The molecule has 1 heteroatoms. The standard InChI is InChI=1S/C11H21N/c1-5-6-7-12-11-9(3)8(2)10(11)4/h7-11H,5-6H2,1-4H3. The van der Waals surface area contributed by atoms with Gasteiger partial charge in [0, 0.05) is 0 Å². The summed E-state index contributed by atoms with van der Waals surface area (Å²) in [6, 6.07) is 0.617. The molecule has 1 saturated carbocycles. The molecule has 0 spiro atoms. The van der Waals surface area contributed by atoms with Gasteiger partial charge in [0.25, 0.3) is 0 Å². The van der Waals surface area contributed by atoms with Gasteiger partial charge >= 0.3 is 0 Å². The molecule has 0 bridgehead atoms.